The summed E-state index contributed by atoms with van der Waals surface area (Å²) >= 11 is 5.46. The van der Waals surface area contributed by atoms with Crippen LogP contribution in [0.25, 0.3) is 0 Å². The molecule has 1 rings (SSSR count). The number of aromatic amines is 1. The van der Waals surface area contributed by atoms with Crippen LogP contribution in [-0.2, 0) is 10.7 Å². The van der Waals surface area contributed by atoms with Gasteiger partial charge < -0.3 is 9.72 Å². The fourth-order valence-corrected chi connectivity index (χ4v) is 1.12. The Hall–Kier alpha value is -1.27. The van der Waals surface area contributed by atoms with Crippen molar-refractivity contribution in [3.05, 3.63) is 32.7 Å². The molecule has 7 heteroatoms. The molecule has 1 aromatic heterocycles. The molecule has 1 aromatic rings. The first-order valence-corrected chi connectivity index (χ1v) is 5.40. The van der Waals surface area contributed by atoms with Crippen LogP contribution in [0.2, 0.25) is 5.02 Å². The topological polar surface area (TPSA) is 59.2 Å². The van der Waals surface area contributed by atoms with Crippen molar-refractivity contribution in [2.75, 3.05) is 13.7 Å². The number of methoxy groups -OCH3 is 1. The zero-order chi connectivity index (χ0) is 14.3. The first-order valence-electron chi connectivity index (χ1n) is 5.03. The summed E-state index contributed by atoms with van der Waals surface area (Å²) in [5.74, 6) is -3.19. The summed E-state index contributed by atoms with van der Waals surface area (Å²) in [6, 6.07) is 0.868. The molecular formula is C11H14ClF2NO3. The van der Waals surface area contributed by atoms with Crippen molar-refractivity contribution < 1.29 is 18.3 Å². The summed E-state index contributed by atoms with van der Waals surface area (Å²) in [5.41, 5.74) is -1.87. The number of alkyl halides is 2. The summed E-state index contributed by atoms with van der Waals surface area (Å²) in [5, 5.41) is -0.278. The smallest absolute Gasteiger partial charge is 0.285 e. The number of carbonyl (C=O) groups is 1. The molecule has 1 heterocycles. The lowest BCUT2D eigenvalue weighted by Crippen LogP contribution is -2.20. The molecule has 0 radical (unpaired) electrons. The maximum Gasteiger partial charge on any atom is 0.285 e. The lowest BCUT2D eigenvalue weighted by molar-refractivity contribution is 0.0125. The van der Waals surface area contributed by atoms with Gasteiger partial charge in [0.05, 0.1) is 16.3 Å². The molecule has 0 aromatic carbocycles. The van der Waals surface area contributed by atoms with E-state index in [2.05, 4.69) is 4.74 Å². The molecular weight excluding hydrogens is 268 g/mol. The highest BCUT2D eigenvalue weighted by atomic mass is 35.5. The van der Waals surface area contributed by atoms with Gasteiger partial charge in [0.25, 0.3) is 11.5 Å². The average molecular weight is 282 g/mol. The Morgan fingerprint density at radius 1 is 1.56 bits per heavy atom. The van der Waals surface area contributed by atoms with E-state index in [9.17, 15) is 18.4 Å². The molecule has 0 atom stereocenters. The third-order valence-electron chi connectivity index (χ3n) is 1.90. The van der Waals surface area contributed by atoms with Gasteiger partial charge in [0, 0.05) is 20.6 Å². The first-order chi connectivity index (χ1) is 8.27. The summed E-state index contributed by atoms with van der Waals surface area (Å²) in [6.07, 6.45) is 0.221. The van der Waals surface area contributed by atoms with Gasteiger partial charge in [0.15, 0.2) is 6.29 Å². The standard InChI is InChI=1S/C8H6ClF2NO2.C3H8O/c1-8(10,11)6-2-5(9)4(3-13)7(14)12-6;1-3-4-2/h2-3H,1H3,(H,12,14);3H2,1-2H3. The molecule has 0 spiro atoms. The largest absolute Gasteiger partial charge is 0.385 e. The van der Waals surface area contributed by atoms with E-state index in [4.69, 9.17) is 11.6 Å². The van der Waals surface area contributed by atoms with Crippen LogP contribution in [0.1, 0.15) is 29.9 Å². The molecule has 18 heavy (non-hydrogen) atoms. The molecule has 102 valence electrons. The van der Waals surface area contributed by atoms with Crippen molar-refractivity contribution in [1.82, 2.24) is 4.98 Å². The maximum absolute atomic E-state index is 12.7. The molecule has 0 bridgehead atoms. The average Bonchev–Trinajstić information content (AvgIpc) is 2.28. The number of hydrogen-bond acceptors (Lipinski definition) is 3. The number of halogens is 3. The lowest BCUT2D eigenvalue weighted by atomic mass is 10.2. The highest BCUT2D eigenvalue weighted by Gasteiger charge is 2.26. The second-order valence-electron chi connectivity index (χ2n) is 3.36. The zero-order valence-corrected chi connectivity index (χ0v) is 11.0. The highest BCUT2D eigenvalue weighted by Crippen LogP contribution is 2.26. The van der Waals surface area contributed by atoms with Gasteiger partial charge in [-0.25, -0.2) is 8.78 Å². The summed E-state index contributed by atoms with van der Waals surface area (Å²) in [7, 11) is 1.68. The minimum absolute atomic E-state index is 0.221. The fourth-order valence-electron chi connectivity index (χ4n) is 0.885. The van der Waals surface area contributed by atoms with Crippen molar-refractivity contribution in [3.8, 4) is 0 Å². The van der Waals surface area contributed by atoms with E-state index in [1.807, 2.05) is 11.9 Å². The van der Waals surface area contributed by atoms with E-state index in [0.29, 0.717) is 6.92 Å². The molecule has 0 aliphatic rings. The van der Waals surface area contributed by atoms with Crippen LogP contribution in [0.5, 0.6) is 0 Å². The van der Waals surface area contributed by atoms with Gasteiger partial charge in [0.2, 0.25) is 0 Å². The number of pyridine rings is 1. The third kappa shape index (κ3) is 4.93. The first kappa shape index (κ1) is 16.7. The second kappa shape index (κ2) is 7.23. The molecule has 0 aliphatic carbocycles. The second-order valence-corrected chi connectivity index (χ2v) is 3.76. The van der Waals surface area contributed by atoms with E-state index in [-0.39, 0.29) is 16.9 Å². The quantitative estimate of drug-likeness (QED) is 0.867. The van der Waals surface area contributed by atoms with Crippen LogP contribution in [0.3, 0.4) is 0 Å². The van der Waals surface area contributed by atoms with Crippen LogP contribution < -0.4 is 5.56 Å². The SMILES string of the molecule is CC(F)(F)c1cc(Cl)c(C=O)c(=O)[nH]1.CCOC. The molecule has 0 saturated carbocycles. The van der Waals surface area contributed by atoms with Gasteiger partial charge in [-0.3, -0.25) is 9.59 Å². The number of aromatic nitrogens is 1. The predicted octanol–water partition coefficient (Wildman–Crippen LogP) is 2.61. The van der Waals surface area contributed by atoms with Gasteiger partial charge in [-0.05, 0) is 13.0 Å². The van der Waals surface area contributed by atoms with Crippen molar-refractivity contribution >= 4 is 17.9 Å². The lowest BCUT2D eigenvalue weighted by Gasteiger charge is -2.10. The number of carbonyl (C=O) groups excluding carboxylic acids is 1. The van der Waals surface area contributed by atoms with Gasteiger partial charge in [-0.15, -0.1) is 0 Å². The van der Waals surface area contributed by atoms with E-state index in [0.717, 1.165) is 12.7 Å². The number of aldehydes is 1. The Bertz CT molecular complexity index is 453. The minimum Gasteiger partial charge on any atom is -0.385 e. The van der Waals surface area contributed by atoms with Crippen molar-refractivity contribution in [1.29, 1.82) is 0 Å². The Balaban J connectivity index is 0.000000631. The van der Waals surface area contributed by atoms with Crippen molar-refractivity contribution in [3.63, 3.8) is 0 Å². The number of hydrogen-bond donors (Lipinski definition) is 1. The predicted molar refractivity (Wildman–Crippen MR) is 64.6 cm³/mol. The summed E-state index contributed by atoms with van der Waals surface area (Å²) in [6.45, 7) is 3.40. The van der Waals surface area contributed by atoms with Gasteiger partial charge in [-0.1, -0.05) is 11.6 Å². The van der Waals surface area contributed by atoms with Crippen LogP contribution in [-0.4, -0.2) is 25.0 Å². The Labute approximate surface area is 108 Å². The van der Waals surface area contributed by atoms with Crippen LogP contribution in [0.15, 0.2) is 10.9 Å². The van der Waals surface area contributed by atoms with Gasteiger partial charge >= 0.3 is 0 Å². The molecule has 0 unspecified atom stereocenters. The molecule has 1 N–H and O–H groups in total. The molecule has 0 amide bonds. The number of nitrogens with one attached hydrogen (secondary N) is 1. The molecule has 0 aliphatic heterocycles. The van der Waals surface area contributed by atoms with Crippen LogP contribution >= 0.6 is 11.6 Å². The number of H-pyrrole nitrogens is 1. The molecule has 0 fully saturated rings. The van der Waals surface area contributed by atoms with Crippen LogP contribution in [0, 0.1) is 0 Å². The molecule has 0 saturated heterocycles. The van der Waals surface area contributed by atoms with Gasteiger partial charge in [-0.2, -0.15) is 0 Å². The summed E-state index contributed by atoms with van der Waals surface area (Å²) < 4.78 is 30.0. The highest BCUT2D eigenvalue weighted by molar-refractivity contribution is 6.32. The Kier molecular flexibility index (Phi) is 6.72. The number of ether oxygens (including phenoxy) is 1. The summed E-state index contributed by atoms with van der Waals surface area (Å²) in [4.78, 5) is 23.2. The minimum atomic E-state index is -3.19. The van der Waals surface area contributed by atoms with E-state index < -0.39 is 17.2 Å². The third-order valence-corrected chi connectivity index (χ3v) is 2.21. The monoisotopic (exact) mass is 281 g/mol. The van der Waals surface area contributed by atoms with E-state index in [1.165, 1.54) is 0 Å². The molecule has 4 nitrogen and oxygen atoms in total. The van der Waals surface area contributed by atoms with E-state index in [1.54, 1.807) is 7.11 Å². The fraction of sp³-hybridized carbons (Fsp3) is 0.455. The van der Waals surface area contributed by atoms with Crippen LogP contribution in [0.4, 0.5) is 8.78 Å². The van der Waals surface area contributed by atoms with Gasteiger partial charge in [0.1, 0.15) is 0 Å². The maximum atomic E-state index is 12.7. The normalized spacial score (nSPS) is 10.6. The zero-order valence-electron chi connectivity index (χ0n) is 10.2. The Morgan fingerprint density at radius 3 is 2.33 bits per heavy atom. The van der Waals surface area contributed by atoms with E-state index >= 15 is 0 Å². The van der Waals surface area contributed by atoms with Crippen molar-refractivity contribution in [2.45, 2.75) is 19.8 Å². The van der Waals surface area contributed by atoms with Crippen molar-refractivity contribution in [2.24, 2.45) is 0 Å². The number of rotatable bonds is 3. The Morgan fingerprint density at radius 2 is 2.06 bits per heavy atom.